The zero-order chi connectivity index (χ0) is 32.5. The fourth-order valence-electron chi connectivity index (χ4n) is 6.30. The van der Waals surface area contributed by atoms with Gasteiger partial charge in [0.25, 0.3) is 0 Å². The van der Waals surface area contributed by atoms with E-state index in [0.29, 0.717) is 0 Å². The highest BCUT2D eigenvalue weighted by molar-refractivity contribution is 5.89. The Kier molecular flexibility index (Phi) is 7.52. The molecule has 0 spiro atoms. The van der Waals surface area contributed by atoms with Gasteiger partial charge in [0.15, 0.2) is 0 Å². The van der Waals surface area contributed by atoms with Crippen LogP contribution in [0.1, 0.15) is 5.56 Å². The fourth-order valence-corrected chi connectivity index (χ4v) is 6.30. The molecule has 0 radical (unpaired) electrons. The Morgan fingerprint density at radius 2 is 0.875 bits per heavy atom. The standard InChI is InChI=1S/C46H32N2/c1-3-31(2)32-12-14-33(15-13-32)40-24-27-41(34-16-20-38(21-17-34)45-28-25-36-8-4-6-10-43(36)47-45)42(30-40)35-18-22-39(23-19-35)46-29-26-37-9-5-7-11-44(37)48-46/h3-30H,1-2H2. The average molecular weight is 613 g/mol. The first-order valence-corrected chi connectivity index (χ1v) is 16.1. The van der Waals surface area contributed by atoms with Crippen LogP contribution in [0.2, 0.25) is 0 Å². The Morgan fingerprint density at radius 3 is 1.42 bits per heavy atom. The maximum absolute atomic E-state index is 4.92. The van der Waals surface area contributed by atoms with Crippen LogP contribution in [-0.2, 0) is 0 Å². The molecular formula is C46H32N2. The molecule has 0 fully saturated rings. The topological polar surface area (TPSA) is 25.8 Å². The van der Waals surface area contributed by atoms with Gasteiger partial charge in [-0.3, -0.25) is 0 Å². The molecule has 2 aromatic heterocycles. The summed E-state index contributed by atoms with van der Waals surface area (Å²) in [4.78, 5) is 9.84. The lowest BCUT2D eigenvalue weighted by molar-refractivity contribution is 1.40. The minimum Gasteiger partial charge on any atom is -0.248 e. The van der Waals surface area contributed by atoms with Crippen LogP contribution in [0.4, 0.5) is 0 Å². The Labute approximate surface area is 281 Å². The van der Waals surface area contributed by atoms with Gasteiger partial charge in [0, 0.05) is 21.9 Å². The van der Waals surface area contributed by atoms with Gasteiger partial charge in [-0.15, -0.1) is 0 Å². The molecule has 2 heterocycles. The van der Waals surface area contributed by atoms with Gasteiger partial charge in [0.05, 0.1) is 22.4 Å². The lowest BCUT2D eigenvalue weighted by Gasteiger charge is -2.15. The molecule has 2 nitrogen and oxygen atoms in total. The largest absolute Gasteiger partial charge is 0.248 e. The number of fused-ring (bicyclic) bond motifs is 2. The first-order valence-electron chi connectivity index (χ1n) is 16.1. The van der Waals surface area contributed by atoms with E-state index in [1.54, 1.807) is 6.08 Å². The number of para-hydroxylation sites is 2. The van der Waals surface area contributed by atoms with Crippen molar-refractivity contribution >= 4 is 27.4 Å². The highest BCUT2D eigenvalue weighted by Crippen LogP contribution is 2.38. The molecule has 0 saturated heterocycles. The van der Waals surface area contributed by atoms with Crippen LogP contribution >= 0.6 is 0 Å². The van der Waals surface area contributed by atoms with Gasteiger partial charge in [-0.05, 0) is 74.8 Å². The minimum absolute atomic E-state index is 0.918. The van der Waals surface area contributed by atoms with Crippen LogP contribution in [0.3, 0.4) is 0 Å². The summed E-state index contributed by atoms with van der Waals surface area (Å²) in [6.07, 6.45) is 1.79. The molecule has 0 atom stereocenters. The Bertz CT molecular complexity index is 2450. The van der Waals surface area contributed by atoms with Gasteiger partial charge in [0.1, 0.15) is 0 Å². The molecule has 6 aromatic carbocycles. The van der Waals surface area contributed by atoms with Gasteiger partial charge >= 0.3 is 0 Å². The predicted molar refractivity (Wildman–Crippen MR) is 203 cm³/mol. The summed E-state index contributed by atoms with van der Waals surface area (Å²) in [5.41, 5.74) is 15.1. The number of allylic oxidation sites excluding steroid dienone is 2. The number of rotatable bonds is 7. The average Bonchev–Trinajstić information content (AvgIpc) is 3.17. The molecule has 2 heteroatoms. The first kappa shape index (κ1) is 29.1. The van der Waals surface area contributed by atoms with E-state index in [1.807, 2.05) is 24.3 Å². The summed E-state index contributed by atoms with van der Waals surface area (Å²) in [7, 11) is 0. The summed E-state index contributed by atoms with van der Waals surface area (Å²) >= 11 is 0. The number of hydrogen-bond donors (Lipinski definition) is 0. The van der Waals surface area contributed by atoms with E-state index in [1.165, 1.54) is 11.1 Å². The van der Waals surface area contributed by atoms with Crippen LogP contribution in [0.15, 0.2) is 183 Å². The molecule has 226 valence electrons. The van der Waals surface area contributed by atoms with Gasteiger partial charge < -0.3 is 0 Å². The van der Waals surface area contributed by atoms with E-state index < -0.39 is 0 Å². The van der Waals surface area contributed by atoms with E-state index in [4.69, 9.17) is 9.97 Å². The smallest absolute Gasteiger partial charge is 0.0709 e. The lowest BCUT2D eigenvalue weighted by Crippen LogP contribution is -1.90. The van der Waals surface area contributed by atoms with E-state index in [2.05, 4.69) is 153 Å². The summed E-state index contributed by atoms with van der Waals surface area (Å²) in [6.45, 7) is 7.97. The highest BCUT2D eigenvalue weighted by Gasteiger charge is 2.12. The molecule has 0 N–H and O–H groups in total. The van der Waals surface area contributed by atoms with E-state index in [-0.39, 0.29) is 0 Å². The zero-order valence-corrected chi connectivity index (χ0v) is 26.5. The number of benzene rings is 6. The van der Waals surface area contributed by atoms with E-state index in [0.717, 1.165) is 77.7 Å². The maximum Gasteiger partial charge on any atom is 0.0709 e. The van der Waals surface area contributed by atoms with Crippen molar-refractivity contribution in [3.05, 3.63) is 189 Å². The molecule has 0 aliphatic carbocycles. The van der Waals surface area contributed by atoms with Gasteiger partial charge in [-0.2, -0.15) is 0 Å². The van der Waals surface area contributed by atoms with Crippen molar-refractivity contribution in [3.63, 3.8) is 0 Å². The quantitative estimate of drug-likeness (QED) is 0.167. The molecule has 0 unspecified atom stereocenters. The summed E-state index contributed by atoms with van der Waals surface area (Å²) in [5.74, 6) is 0. The van der Waals surface area contributed by atoms with Gasteiger partial charge in [0.2, 0.25) is 0 Å². The first-order chi connectivity index (χ1) is 23.6. The Hall–Kier alpha value is -6.38. The van der Waals surface area contributed by atoms with Crippen molar-refractivity contribution < 1.29 is 0 Å². The molecule has 0 bridgehead atoms. The van der Waals surface area contributed by atoms with Crippen LogP contribution in [0.25, 0.3) is 83.3 Å². The van der Waals surface area contributed by atoms with Crippen molar-refractivity contribution in [1.29, 1.82) is 0 Å². The summed E-state index contributed by atoms with van der Waals surface area (Å²) in [5, 5.41) is 2.29. The number of aromatic nitrogens is 2. The normalized spacial score (nSPS) is 11.1. The van der Waals surface area contributed by atoms with Crippen LogP contribution in [-0.4, -0.2) is 9.97 Å². The van der Waals surface area contributed by atoms with Crippen molar-refractivity contribution in [2.75, 3.05) is 0 Å². The summed E-state index contributed by atoms with van der Waals surface area (Å²) in [6, 6.07) is 57.7. The molecular weight excluding hydrogens is 581 g/mol. The molecule has 48 heavy (non-hydrogen) atoms. The summed E-state index contributed by atoms with van der Waals surface area (Å²) < 4.78 is 0. The van der Waals surface area contributed by atoms with Crippen molar-refractivity contribution in [2.45, 2.75) is 0 Å². The van der Waals surface area contributed by atoms with E-state index in [9.17, 15) is 0 Å². The van der Waals surface area contributed by atoms with Gasteiger partial charge in [-0.25, -0.2) is 9.97 Å². The Balaban J connectivity index is 1.18. The monoisotopic (exact) mass is 612 g/mol. The SMILES string of the molecule is C=CC(=C)c1ccc(-c2ccc(-c3ccc(-c4ccc5ccccc5n4)cc3)c(-c3ccc(-c4ccc5ccccc5n4)cc3)c2)cc1. The second-order valence-electron chi connectivity index (χ2n) is 12.0. The fraction of sp³-hybridized carbons (Fsp3) is 0. The maximum atomic E-state index is 4.92. The molecule has 0 amide bonds. The molecule has 0 aliphatic heterocycles. The molecule has 8 rings (SSSR count). The Morgan fingerprint density at radius 1 is 0.417 bits per heavy atom. The highest BCUT2D eigenvalue weighted by atomic mass is 14.7. The molecule has 0 saturated carbocycles. The third kappa shape index (κ3) is 5.61. The van der Waals surface area contributed by atoms with Crippen molar-refractivity contribution in [3.8, 4) is 55.9 Å². The second kappa shape index (κ2) is 12.4. The zero-order valence-electron chi connectivity index (χ0n) is 26.5. The third-order valence-corrected chi connectivity index (χ3v) is 9.04. The minimum atomic E-state index is 0.918. The molecule has 8 aromatic rings. The lowest BCUT2D eigenvalue weighted by atomic mass is 9.90. The van der Waals surface area contributed by atoms with Crippen LogP contribution < -0.4 is 0 Å². The predicted octanol–water partition coefficient (Wildman–Crippen LogP) is 12.3. The molecule has 0 aliphatic rings. The second-order valence-corrected chi connectivity index (χ2v) is 12.0. The van der Waals surface area contributed by atoms with Crippen molar-refractivity contribution in [2.24, 2.45) is 0 Å². The third-order valence-electron chi connectivity index (χ3n) is 9.04. The van der Waals surface area contributed by atoms with Crippen molar-refractivity contribution in [1.82, 2.24) is 9.97 Å². The number of pyridine rings is 2. The number of nitrogens with zero attached hydrogens (tertiary/aromatic N) is 2. The van der Waals surface area contributed by atoms with Crippen LogP contribution in [0, 0.1) is 0 Å². The number of hydrogen-bond acceptors (Lipinski definition) is 2. The van der Waals surface area contributed by atoms with E-state index >= 15 is 0 Å². The van der Waals surface area contributed by atoms with Crippen LogP contribution in [0.5, 0.6) is 0 Å². The van der Waals surface area contributed by atoms with Gasteiger partial charge in [-0.1, -0.05) is 153 Å².